The van der Waals surface area contributed by atoms with Gasteiger partial charge in [0.05, 0.1) is 22.3 Å². The fourth-order valence-corrected chi connectivity index (χ4v) is 3.83. The second kappa shape index (κ2) is 7.64. The Morgan fingerprint density at radius 1 is 1.06 bits per heavy atom. The third-order valence-corrected chi connectivity index (χ3v) is 5.30. The molecule has 1 amide bonds. The number of nitrogens with one attached hydrogen (secondary N) is 1. The van der Waals surface area contributed by atoms with Crippen molar-refractivity contribution in [3.8, 4) is 11.3 Å². The van der Waals surface area contributed by atoms with Gasteiger partial charge in [-0.25, -0.2) is 4.98 Å². The van der Waals surface area contributed by atoms with Gasteiger partial charge in [-0.2, -0.15) is 5.10 Å². The SMILES string of the molecule is Cc1nn(C)c2nc(-c3ccccc3)cc(C(=O)NCCc3nnc4ccccn34)c12. The molecule has 31 heavy (non-hydrogen) atoms. The fraction of sp³-hybridized carbons (Fsp3) is 0.174. The average molecular weight is 411 g/mol. The van der Waals surface area contributed by atoms with Crippen LogP contribution in [0.4, 0.5) is 0 Å². The third kappa shape index (κ3) is 3.42. The van der Waals surface area contributed by atoms with Crippen LogP contribution in [0, 0.1) is 6.92 Å². The Bertz CT molecular complexity index is 1400. The smallest absolute Gasteiger partial charge is 0.252 e. The lowest BCUT2D eigenvalue weighted by atomic mass is 10.0. The number of pyridine rings is 2. The summed E-state index contributed by atoms with van der Waals surface area (Å²) in [5.41, 5.74) is 4.52. The zero-order chi connectivity index (χ0) is 21.4. The zero-order valence-electron chi connectivity index (χ0n) is 17.3. The summed E-state index contributed by atoms with van der Waals surface area (Å²) in [4.78, 5) is 17.9. The first kappa shape index (κ1) is 18.9. The molecular weight excluding hydrogens is 390 g/mol. The summed E-state index contributed by atoms with van der Waals surface area (Å²) in [5, 5.41) is 16.7. The minimum atomic E-state index is -0.158. The number of rotatable bonds is 5. The first-order valence-corrected chi connectivity index (χ1v) is 10.1. The molecule has 4 aromatic heterocycles. The molecule has 154 valence electrons. The molecule has 1 N–H and O–H groups in total. The second-order valence-electron chi connectivity index (χ2n) is 7.38. The molecule has 8 nitrogen and oxygen atoms in total. The molecule has 1 aromatic carbocycles. The van der Waals surface area contributed by atoms with Gasteiger partial charge in [-0.15, -0.1) is 10.2 Å². The van der Waals surface area contributed by atoms with Crippen LogP contribution >= 0.6 is 0 Å². The Labute approximate surface area is 178 Å². The van der Waals surface area contributed by atoms with Crippen molar-refractivity contribution in [3.05, 3.63) is 77.9 Å². The van der Waals surface area contributed by atoms with E-state index < -0.39 is 0 Å². The van der Waals surface area contributed by atoms with Crippen molar-refractivity contribution in [2.45, 2.75) is 13.3 Å². The first-order chi connectivity index (χ1) is 15.1. The van der Waals surface area contributed by atoms with Gasteiger partial charge in [-0.05, 0) is 25.1 Å². The number of hydrogen-bond acceptors (Lipinski definition) is 5. The van der Waals surface area contributed by atoms with Gasteiger partial charge in [0.2, 0.25) is 0 Å². The van der Waals surface area contributed by atoms with E-state index in [9.17, 15) is 4.79 Å². The summed E-state index contributed by atoms with van der Waals surface area (Å²) in [7, 11) is 1.84. The van der Waals surface area contributed by atoms with Gasteiger partial charge in [0.1, 0.15) is 5.82 Å². The Morgan fingerprint density at radius 3 is 2.71 bits per heavy atom. The van der Waals surface area contributed by atoms with E-state index in [1.165, 1.54) is 0 Å². The number of carbonyl (C=O) groups is 1. The molecular formula is C23H21N7O. The van der Waals surface area contributed by atoms with E-state index in [0.29, 0.717) is 24.2 Å². The quantitative estimate of drug-likeness (QED) is 0.480. The standard InChI is InChI=1S/C23H21N7O/c1-15-21-17(14-18(16-8-4-3-5-9-16)25-22(21)29(2)28-15)23(31)24-12-11-20-27-26-19-10-6-7-13-30(19)20/h3-10,13-14H,11-12H2,1-2H3,(H,24,31). The molecule has 0 spiro atoms. The molecule has 4 heterocycles. The van der Waals surface area contributed by atoms with E-state index in [1.807, 2.05) is 79.2 Å². The van der Waals surface area contributed by atoms with Crippen LogP contribution in [-0.4, -0.2) is 41.8 Å². The molecule has 0 aliphatic carbocycles. The summed E-state index contributed by atoms with van der Waals surface area (Å²) < 4.78 is 3.64. The Morgan fingerprint density at radius 2 is 1.87 bits per heavy atom. The van der Waals surface area contributed by atoms with Crippen LogP contribution in [0.1, 0.15) is 21.9 Å². The molecule has 5 rings (SSSR count). The molecule has 0 unspecified atom stereocenters. The molecule has 5 aromatic rings. The van der Waals surface area contributed by atoms with Crippen LogP contribution in [0.5, 0.6) is 0 Å². The van der Waals surface area contributed by atoms with Crippen LogP contribution in [0.2, 0.25) is 0 Å². The topological polar surface area (TPSA) is 90.0 Å². The maximum atomic E-state index is 13.2. The summed E-state index contributed by atoms with van der Waals surface area (Å²) in [5.74, 6) is 0.646. The van der Waals surface area contributed by atoms with Crippen LogP contribution < -0.4 is 5.32 Å². The van der Waals surface area contributed by atoms with Gasteiger partial charge in [-0.3, -0.25) is 13.9 Å². The Balaban J connectivity index is 1.45. The predicted molar refractivity (Wildman–Crippen MR) is 118 cm³/mol. The molecule has 0 atom stereocenters. The van der Waals surface area contributed by atoms with Crippen molar-refractivity contribution in [1.29, 1.82) is 0 Å². The number of aromatic nitrogens is 6. The lowest BCUT2D eigenvalue weighted by Gasteiger charge is -2.09. The Kier molecular flexibility index (Phi) is 4.66. The van der Waals surface area contributed by atoms with E-state index in [4.69, 9.17) is 4.98 Å². The highest BCUT2D eigenvalue weighted by Gasteiger charge is 2.19. The molecule has 0 aliphatic rings. The second-order valence-corrected chi connectivity index (χ2v) is 7.38. The lowest BCUT2D eigenvalue weighted by Crippen LogP contribution is -2.26. The number of fused-ring (bicyclic) bond motifs is 2. The predicted octanol–water partition coefficient (Wildman–Crippen LogP) is 2.96. The number of aryl methyl sites for hydroxylation is 2. The van der Waals surface area contributed by atoms with Gasteiger partial charge in [0, 0.05) is 31.8 Å². The molecule has 0 saturated carbocycles. The number of amides is 1. The van der Waals surface area contributed by atoms with Crippen molar-refractivity contribution in [1.82, 2.24) is 34.7 Å². The van der Waals surface area contributed by atoms with E-state index >= 15 is 0 Å². The summed E-state index contributed by atoms with van der Waals surface area (Å²) in [6.07, 6.45) is 2.49. The van der Waals surface area contributed by atoms with Crippen molar-refractivity contribution in [3.63, 3.8) is 0 Å². The van der Waals surface area contributed by atoms with Crippen LogP contribution in [0.15, 0.2) is 60.8 Å². The maximum absolute atomic E-state index is 13.2. The third-order valence-electron chi connectivity index (χ3n) is 5.30. The number of carbonyl (C=O) groups excluding carboxylic acids is 1. The molecule has 8 heteroatoms. The highest BCUT2D eigenvalue weighted by atomic mass is 16.1. The van der Waals surface area contributed by atoms with Crippen LogP contribution in [0.25, 0.3) is 27.9 Å². The molecule has 0 bridgehead atoms. The number of hydrogen-bond donors (Lipinski definition) is 1. The van der Waals surface area contributed by atoms with Crippen molar-refractivity contribution >= 4 is 22.6 Å². The highest BCUT2D eigenvalue weighted by molar-refractivity contribution is 6.07. The molecule has 0 radical (unpaired) electrons. The highest BCUT2D eigenvalue weighted by Crippen LogP contribution is 2.26. The first-order valence-electron chi connectivity index (χ1n) is 10.1. The van der Waals surface area contributed by atoms with Crippen molar-refractivity contribution in [2.75, 3.05) is 6.54 Å². The molecule has 0 fully saturated rings. The van der Waals surface area contributed by atoms with Gasteiger partial charge in [-0.1, -0.05) is 36.4 Å². The van der Waals surface area contributed by atoms with Crippen LogP contribution in [0.3, 0.4) is 0 Å². The molecule has 0 aliphatic heterocycles. The monoisotopic (exact) mass is 411 g/mol. The average Bonchev–Trinajstić information content (AvgIpc) is 3.34. The normalized spacial score (nSPS) is 11.3. The van der Waals surface area contributed by atoms with Gasteiger partial charge < -0.3 is 5.32 Å². The number of benzene rings is 1. The summed E-state index contributed by atoms with van der Waals surface area (Å²) in [6.45, 7) is 2.34. The van der Waals surface area contributed by atoms with E-state index in [1.54, 1.807) is 4.68 Å². The molecule has 0 saturated heterocycles. The van der Waals surface area contributed by atoms with Gasteiger partial charge >= 0.3 is 0 Å². The lowest BCUT2D eigenvalue weighted by molar-refractivity contribution is 0.0955. The Hall–Kier alpha value is -4.07. The van der Waals surface area contributed by atoms with Crippen molar-refractivity contribution in [2.24, 2.45) is 7.05 Å². The van der Waals surface area contributed by atoms with Gasteiger partial charge in [0.15, 0.2) is 11.3 Å². The van der Waals surface area contributed by atoms with E-state index in [-0.39, 0.29) is 5.91 Å². The summed E-state index contributed by atoms with van der Waals surface area (Å²) >= 11 is 0. The zero-order valence-corrected chi connectivity index (χ0v) is 17.3. The van der Waals surface area contributed by atoms with E-state index in [2.05, 4.69) is 20.6 Å². The van der Waals surface area contributed by atoms with Crippen molar-refractivity contribution < 1.29 is 4.79 Å². The minimum absolute atomic E-state index is 0.158. The summed E-state index contributed by atoms with van der Waals surface area (Å²) in [6, 6.07) is 17.4. The van der Waals surface area contributed by atoms with E-state index in [0.717, 1.165) is 33.8 Å². The fourth-order valence-electron chi connectivity index (χ4n) is 3.83. The number of nitrogens with zero attached hydrogens (tertiary/aromatic N) is 6. The maximum Gasteiger partial charge on any atom is 0.252 e. The largest absolute Gasteiger partial charge is 0.352 e. The van der Waals surface area contributed by atoms with Gasteiger partial charge in [0.25, 0.3) is 5.91 Å². The minimum Gasteiger partial charge on any atom is -0.352 e. The van der Waals surface area contributed by atoms with Crippen LogP contribution in [-0.2, 0) is 13.5 Å².